The van der Waals surface area contributed by atoms with E-state index in [4.69, 9.17) is 5.14 Å². The molecule has 0 fully saturated rings. The minimum Gasteiger partial charge on any atom is -0.476 e. The Morgan fingerprint density at radius 3 is 2.50 bits per heavy atom. The summed E-state index contributed by atoms with van der Waals surface area (Å²) in [7, 11) is -3.80. The Morgan fingerprint density at radius 1 is 1.15 bits per heavy atom. The minimum atomic E-state index is -3.80. The van der Waals surface area contributed by atoms with Gasteiger partial charge in [0.25, 0.3) is 0 Å². The molecule has 1 aromatic heterocycles. The van der Waals surface area contributed by atoms with Crippen LogP contribution in [0.3, 0.4) is 0 Å². The summed E-state index contributed by atoms with van der Waals surface area (Å²) in [6.07, 6.45) is 0. The molecule has 0 bridgehead atoms. The van der Waals surface area contributed by atoms with Crippen LogP contribution < -0.4 is 5.14 Å². The molecule has 0 unspecified atom stereocenters. The first-order chi connectivity index (χ1) is 12.4. The molecule has 3 aromatic rings. The molecule has 0 saturated carbocycles. The van der Waals surface area contributed by atoms with E-state index >= 15 is 0 Å². The van der Waals surface area contributed by atoms with Gasteiger partial charge in [0.1, 0.15) is 0 Å². The van der Waals surface area contributed by atoms with E-state index in [0.29, 0.717) is 22.7 Å². The molecule has 7 nitrogen and oxygen atoms in total. The molecule has 9 heteroatoms. The summed E-state index contributed by atoms with van der Waals surface area (Å²) in [5.41, 5.74) is 2.81. The first-order valence-electron chi connectivity index (χ1n) is 7.57. The number of carboxylic acids is 1. The topological polar surface area (TPSA) is 115 Å². The molecule has 0 aliphatic carbocycles. The van der Waals surface area contributed by atoms with E-state index in [1.54, 1.807) is 28.6 Å². The Bertz CT molecular complexity index is 1140. The van der Waals surface area contributed by atoms with E-state index in [2.05, 4.69) is 5.10 Å². The third kappa shape index (κ3) is 2.70. The second-order valence-corrected chi connectivity index (χ2v) is 8.30. The lowest BCUT2D eigenvalue weighted by molar-refractivity contribution is 0.0689. The summed E-state index contributed by atoms with van der Waals surface area (Å²) < 4.78 is 24.4. The highest BCUT2D eigenvalue weighted by molar-refractivity contribution is 7.98. The molecule has 2 heterocycles. The molecule has 0 amide bonds. The number of nitrogens with two attached hydrogens (primary N) is 1. The highest BCUT2D eigenvalue weighted by Crippen LogP contribution is 2.43. The molecule has 4 rings (SSSR count). The van der Waals surface area contributed by atoms with Crippen LogP contribution in [-0.4, -0.2) is 29.3 Å². The number of hydrogen-bond acceptors (Lipinski definition) is 5. The zero-order valence-corrected chi connectivity index (χ0v) is 14.9. The second-order valence-electron chi connectivity index (χ2n) is 5.72. The van der Waals surface area contributed by atoms with Gasteiger partial charge in [-0.05, 0) is 30.3 Å². The van der Waals surface area contributed by atoms with E-state index in [1.807, 2.05) is 24.3 Å². The number of hydrogen-bond donors (Lipinski definition) is 2. The SMILES string of the molecule is NS(=O)(=O)c1ccc(-n2nc(C(=O)O)c3c2-c2ccccc2SC3)cc1. The first-order valence-corrected chi connectivity index (χ1v) is 10.1. The number of primary sulfonamides is 1. The standard InChI is InChI=1S/C17H13N3O4S2/c18-26(23,24)11-7-5-10(6-8-11)20-16-12-3-1-2-4-14(12)25-9-13(16)15(19-20)17(21)22/h1-8H,9H2,(H,21,22)(H2,18,23,24). The van der Waals surface area contributed by atoms with Crippen LogP contribution >= 0.6 is 11.8 Å². The zero-order chi connectivity index (χ0) is 18.5. The summed E-state index contributed by atoms with van der Waals surface area (Å²) in [4.78, 5) is 12.7. The normalized spacial score (nSPS) is 13.1. The van der Waals surface area contributed by atoms with Crippen molar-refractivity contribution in [1.82, 2.24) is 9.78 Å². The monoisotopic (exact) mass is 387 g/mol. The van der Waals surface area contributed by atoms with Gasteiger partial charge in [0.05, 0.1) is 16.3 Å². The van der Waals surface area contributed by atoms with E-state index in [9.17, 15) is 18.3 Å². The van der Waals surface area contributed by atoms with Crippen LogP contribution in [0.15, 0.2) is 58.3 Å². The van der Waals surface area contributed by atoms with Crippen molar-refractivity contribution in [3.8, 4) is 16.9 Å². The largest absolute Gasteiger partial charge is 0.476 e. The third-order valence-corrected chi connectivity index (χ3v) is 6.14. The molecule has 1 aliphatic heterocycles. The van der Waals surface area contributed by atoms with Crippen LogP contribution in [0.5, 0.6) is 0 Å². The maximum absolute atomic E-state index is 11.6. The predicted octanol–water partition coefficient (Wildman–Crippen LogP) is 2.49. The van der Waals surface area contributed by atoms with Crippen molar-refractivity contribution in [2.24, 2.45) is 5.14 Å². The molecular weight excluding hydrogens is 374 g/mol. The van der Waals surface area contributed by atoms with Gasteiger partial charge in [-0.15, -0.1) is 11.8 Å². The fourth-order valence-electron chi connectivity index (χ4n) is 2.94. The number of aromatic carboxylic acids is 1. The van der Waals surface area contributed by atoms with E-state index in [1.165, 1.54) is 12.1 Å². The van der Waals surface area contributed by atoms with Gasteiger partial charge in [-0.3, -0.25) is 0 Å². The number of aromatic nitrogens is 2. The van der Waals surface area contributed by atoms with Crippen LogP contribution in [0.2, 0.25) is 0 Å². The number of fused-ring (bicyclic) bond motifs is 3. The van der Waals surface area contributed by atoms with Crippen molar-refractivity contribution in [3.63, 3.8) is 0 Å². The van der Waals surface area contributed by atoms with E-state index in [0.717, 1.165) is 10.5 Å². The molecule has 0 spiro atoms. The highest BCUT2D eigenvalue weighted by atomic mass is 32.2. The van der Waals surface area contributed by atoms with Crippen molar-refractivity contribution in [2.75, 3.05) is 0 Å². The fourth-order valence-corrected chi connectivity index (χ4v) is 4.52. The Hall–Kier alpha value is -2.62. The number of thioether (sulfide) groups is 1. The lowest BCUT2D eigenvalue weighted by Crippen LogP contribution is -2.12. The van der Waals surface area contributed by atoms with Gasteiger partial charge < -0.3 is 5.11 Å². The van der Waals surface area contributed by atoms with Gasteiger partial charge in [0.15, 0.2) is 5.69 Å². The zero-order valence-electron chi connectivity index (χ0n) is 13.3. The van der Waals surface area contributed by atoms with Crippen molar-refractivity contribution in [1.29, 1.82) is 0 Å². The number of sulfonamides is 1. The van der Waals surface area contributed by atoms with E-state index < -0.39 is 16.0 Å². The Balaban J connectivity index is 1.95. The van der Waals surface area contributed by atoms with Crippen molar-refractivity contribution < 1.29 is 18.3 Å². The van der Waals surface area contributed by atoms with E-state index in [-0.39, 0.29) is 10.6 Å². The smallest absolute Gasteiger partial charge is 0.356 e. The van der Waals surface area contributed by atoms with Crippen molar-refractivity contribution >= 4 is 27.8 Å². The summed E-state index contributed by atoms with van der Waals surface area (Å²) >= 11 is 1.56. The minimum absolute atomic E-state index is 0.00229. The van der Waals surface area contributed by atoms with Crippen LogP contribution in [0.1, 0.15) is 16.1 Å². The lowest BCUT2D eigenvalue weighted by Gasteiger charge is -2.18. The molecule has 132 valence electrons. The Morgan fingerprint density at radius 2 is 1.85 bits per heavy atom. The quantitative estimate of drug-likeness (QED) is 0.713. The average molecular weight is 387 g/mol. The number of nitrogens with zero attached hydrogens (tertiary/aromatic N) is 2. The summed E-state index contributed by atoms with van der Waals surface area (Å²) in [5.74, 6) is -0.593. The summed E-state index contributed by atoms with van der Waals surface area (Å²) in [5, 5.41) is 18.9. The fraction of sp³-hybridized carbons (Fsp3) is 0.0588. The average Bonchev–Trinajstić information content (AvgIpc) is 3.01. The van der Waals surface area contributed by atoms with Crippen molar-refractivity contribution in [3.05, 3.63) is 59.8 Å². The molecular formula is C17H13N3O4S2. The molecule has 26 heavy (non-hydrogen) atoms. The second kappa shape index (κ2) is 5.97. The number of carboxylic acid groups (broad SMARTS) is 1. The molecule has 0 saturated heterocycles. The van der Waals surface area contributed by atoms with Gasteiger partial charge >= 0.3 is 5.97 Å². The molecule has 3 N–H and O–H groups in total. The van der Waals surface area contributed by atoms with Crippen LogP contribution in [0, 0.1) is 0 Å². The van der Waals surface area contributed by atoms with Gasteiger partial charge in [0.2, 0.25) is 10.0 Å². The molecule has 1 aliphatic rings. The van der Waals surface area contributed by atoms with Gasteiger partial charge in [-0.25, -0.2) is 23.0 Å². The Kier molecular flexibility index (Phi) is 3.87. The van der Waals surface area contributed by atoms with Gasteiger partial charge in [-0.1, -0.05) is 18.2 Å². The molecule has 0 radical (unpaired) electrons. The number of benzene rings is 2. The first kappa shape index (κ1) is 16.8. The number of carbonyl (C=O) groups is 1. The highest BCUT2D eigenvalue weighted by Gasteiger charge is 2.29. The number of rotatable bonds is 3. The van der Waals surface area contributed by atoms with Crippen LogP contribution in [0.4, 0.5) is 0 Å². The third-order valence-electron chi connectivity index (χ3n) is 4.11. The summed E-state index contributed by atoms with van der Waals surface area (Å²) in [6.45, 7) is 0. The summed E-state index contributed by atoms with van der Waals surface area (Å²) in [6, 6.07) is 13.6. The Labute approximate surface area is 153 Å². The van der Waals surface area contributed by atoms with Gasteiger partial charge in [-0.2, -0.15) is 5.10 Å². The molecule has 0 atom stereocenters. The maximum Gasteiger partial charge on any atom is 0.356 e. The predicted molar refractivity (Wildman–Crippen MR) is 96.9 cm³/mol. The maximum atomic E-state index is 11.6. The van der Waals surface area contributed by atoms with Gasteiger partial charge in [0, 0.05) is 21.8 Å². The molecule has 2 aromatic carbocycles. The van der Waals surface area contributed by atoms with Crippen molar-refractivity contribution in [2.45, 2.75) is 15.5 Å². The van der Waals surface area contributed by atoms with Crippen LogP contribution in [0.25, 0.3) is 16.9 Å². The lowest BCUT2D eigenvalue weighted by atomic mass is 10.1. The van der Waals surface area contributed by atoms with Crippen LogP contribution in [-0.2, 0) is 15.8 Å².